The van der Waals surface area contributed by atoms with Crippen LogP contribution in [0.4, 0.5) is 0 Å². The van der Waals surface area contributed by atoms with Crippen LogP contribution in [-0.4, -0.2) is 62.2 Å². The van der Waals surface area contributed by atoms with Crippen molar-refractivity contribution < 1.29 is 0 Å². The SMILES string of the molecule is CNCCC1CCCCN1C1CCCN(C)C1. The lowest BCUT2D eigenvalue weighted by Gasteiger charge is -2.44. The molecule has 2 aliphatic heterocycles. The lowest BCUT2D eigenvalue weighted by atomic mass is 9.94. The summed E-state index contributed by atoms with van der Waals surface area (Å²) in [5.74, 6) is 0. The van der Waals surface area contributed by atoms with E-state index in [2.05, 4.69) is 29.2 Å². The molecular formula is C14H29N3. The molecule has 100 valence electrons. The summed E-state index contributed by atoms with van der Waals surface area (Å²) < 4.78 is 0. The van der Waals surface area contributed by atoms with Gasteiger partial charge < -0.3 is 10.2 Å². The Balaban J connectivity index is 1.90. The van der Waals surface area contributed by atoms with Crippen LogP contribution < -0.4 is 5.32 Å². The molecule has 0 spiro atoms. The first-order valence-corrected chi connectivity index (χ1v) is 7.40. The van der Waals surface area contributed by atoms with Crippen molar-refractivity contribution in [1.82, 2.24) is 15.1 Å². The molecule has 1 N–H and O–H groups in total. The van der Waals surface area contributed by atoms with Crippen LogP contribution in [-0.2, 0) is 0 Å². The van der Waals surface area contributed by atoms with Gasteiger partial charge in [0, 0.05) is 18.6 Å². The fraction of sp³-hybridized carbons (Fsp3) is 1.00. The first kappa shape index (κ1) is 13.3. The topological polar surface area (TPSA) is 18.5 Å². The van der Waals surface area contributed by atoms with E-state index in [1.165, 1.54) is 64.7 Å². The van der Waals surface area contributed by atoms with Gasteiger partial charge in [0.2, 0.25) is 0 Å². The summed E-state index contributed by atoms with van der Waals surface area (Å²) in [6, 6.07) is 1.67. The number of piperidine rings is 2. The van der Waals surface area contributed by atoms with Crippen LogP contribution in [0.15, 0.2) is 0 Å². The number of hydrogen-bond donors (Lipinski definition) is 1. The van der Waals surface area contributed by atoms with Crippen LogP contribution in [0, 0.1) is 0 Å². The molecule has 0 radical (unpaired) electrons. The average Bonchev–Trinajstić information content (AvgIpc) is 2.37. The van der Waals surface area contributed by atoms with E-state index in [4.69, 9.17) is 0 Å². The number of nitrogens with one attached hydrogen (secondary N) is 1. The molecule has 0 aromatic carbocycles. The van der Waals surface area contributed by atoms with E-state index in [9.17, 15) is 0 Å². The molecular weight excluding hydrogens is 210 g/mol. The lowest BCUT2D eigenvalue weighted by Crippen LogP contribution is -2.53. The van der Waals surface area contributed by atoms with Crippen molar-refractivity contribution in [1.29, 1.82) is 0 Å². The third-order valence-electron chi connectivity index (χ3n) is 4.47. The minimum absolute atomic E-state index is 0.830. The molecule has 3 heteroatoms. The van der Waals surface area contributed by atoms with Crippen LogP contribution in [0.3, 0.4) is 0 Å². The molecule has 2 unspecified atom stereocenters. The standard InChI is InChI=1S/C14H29N3/c1-15-9-8-13-6-3-4-11-17(13)14-7-5-10-16(2)12-14/h13-15H,3-12H2,1-2H3. The van der Waals surface area contributed by atoms with Crippen molar-refractivity contribution in [3.8, 4) is 0 Å². The number of nitrogens with zero attached hydrogens (tertiary/aromatic N) is 2. The smallest absolute Gasteiger partial charge is 0.0226 e. The fourth-order valence-electron chi connectivity index (χ4n) is 3.53. The second-order valence-electron chi connectivity index (χ2n) is 5.84. The summed E-state index contributed by atoms with van der Waals surface area (Å²) >= 11 is 0. The van der Waals surface area contributed by atoms with Gasteiger partial charge in [-0.1, -0.05) is 6.42 Å². The predicted molar refractivity (Wildman–Crippen MR) is 73.4 cm³/mol. The van der Waals surface area contributed by atoms with Gasteiger partial charge in [-0.15, -0.1) is 0 Å². The normalized spacial score (nSPS) is 32.8. The fourth-order valence-corrected chi connectivity index (χ4v) is 3.53. The Labute approximate surface area is 107 Å². The lowest BCUT2D eigenvalue weighted by molar-refractivity contribution is 0.0470. The highest BCUT2D eigenvalue weighted by atomic mass is 15.2. The van der Waals surface area contributed by atoms with E-state index < -0.39 is 0 Å². The van der Waals surface area contributed by atoms with Gasteiger partial charge in [-0.3, -0.25) is 4.90 Å². The summed E-state index contributed by atoms with van der Waals surface area (Å²) in [5, 5.41) is 3.31. The van der Waals surface area contributed by atoms with Crippen molar-refractivity contribution in [3.05, 3.63) is 0 Å². The van der Waals surface area contributed by atoms with Crippen molar-refractivity contribution in [2.45, 2.75) is 50.6 Å². The quantitative estimate of drug-likeness (QED) is 0.803. The third kappa shape index (κ3) is 3.67. The van der Waals surface area contributed by atoms with Crippen LogP contribution in [0.25, 0.3) is 0 Å². The van der Waals surface area contributed by atoms with Crippen molar-refractivity contribution in [2.24, 2.45) is 0 Å². The molecule has 3 nitrogen and oxygen atoms in total. The largest absolute Gasteiger partial charge is 0.320 e. The molecule has 2 aliphatic rings. The zero-order chi connectivity index (χ0) is 12.1. The Morgan fingerprint density at radius 1 is 1.12 bits per heavy atom. The van der Waals surface area contributed by atoms with Gasteiger partial charge in [0.05, 0.1) is 0 Å². The van der Waals surface area contributed by atoms with Gasteiger partial charge in [0.25, 0.3) is 0 Å². The predicted octanol–water partition coefficient (Wildman–Crippen LogP) is 1.54. The third-order valence-corrected chi connectivity index (χ3v) is 4.47. The van der Waals surface area contributed by atoms with E-state index in [1.807, 2.05) is 0 Å². The van der Waals surface area contributed by atoms with Gasteiger partial charge in [-0.05, 0) is 65.8 Å². The minimum atomic E-state index is 0.830. The van der Waals surface area contributed by atoms with Crippen LogP contribution >= 0.6 is 0 Å². The highest BCUT2D eigenvalue weighted by Crippen LogP contribution is 2.25. The van der Waals surface area contributed by atoms with Gasteiger partial charge in [-0.25, -0.2) is 0 Å². The van der Waals surface area contributed by atoms with Crippen LogP contribution in [0.5, 0.6) is 0 Å². The monoisotopic (exact) mass is 239 g/mol. The molecule has 0 aliphatic carbocycles. The number of likely N-dealkylation sites (tertiary alicyclic amines) is 2. The summed E-state index contributed by atoms with van der Waals surface area (Å²) in [4.78, 5) is 5.34. The molecule has 2 heterocycles. The minimum Gasteiger partial charge on any atom is -0.320 e. The molecule has 2 fully saturated rings. The van der Waals surface area contributed by atoms with Gasteiger partial charge >= 0.3 is 0 Å². The van der Waals surface area contributed by atoms with Gasteiger partial charge in [0.15, 0.2) is 0 Å². The van der Waals surface area contributed by atoms with E-state index >= 15 is 0 Å². The zero-order valence-electron chi connectivity index (χ0n) is 11.6. The van der Waals surface area contributed by atoms with Gasteiger partial charge in [-0.2, -0.15) is 0 Å². The number of hydrogen-bond acceptors (Lipinski definition) is 3. The number of rotatable bonds is 4. The van der Waals surface area contributed by atoms with Crippen molar-refractivity contribution in [2.75, 3.05) is 40.3 Å². The molecule has 2 saturated heterocycles. The Morgan fingerprint density at radius 2 is 2.00 bits per heavy atom. The van der Waals surface area contributed by atoms with E-state index in [0.717, 1.165) is 12.1 Å². The molecule has 0 saturated carbocycles. The molecule has 0 aromatic rings. The van der Waals surface area contributed by atoms with Crippen molar-refractivity contribution >= 4 is 0 Å². The summed E-state index contributed by atoms with van der Waals surface area (Å²) in [6.45, 7) is 5.10. The molecule has 0 amide bonds. The maximum absolute atomic E-state index is 3.31. The second kappa shape index (κ2) is 6.72. The Morgan fingerprint density at radius 3 is 2.76 bits per heavy atom. The molecule has 17 heavy (non-hydrogen) atoms. The summed E-state index contributed by atoms with van der Waals surface area (Å²) in [7, 11) is 4.35. The summed E-state index contributed by atoms with van der Waals surface area (Å²) in [6.07, 6.45) is 8.40. The Hall–Kier alpha value is -0.120. The maximum atomic E-state index is 3.31. The first-order chi connectivity index (χ1) is 8.31. The molecule has 2 rings (SSSR count). The summed E-state index contributed by atoms with van der Waals surface area (Å²) in [5.41, 5.74) is 0. The van der Waals surface area contributed by atoms with Crippen LogP contribution in [0.2, 0.25) is 0 Å². The zero-order valence-corrected chi connectivity index (χ0v) is 11.6. The Kier molecular flexibility index (Phi) is 5.26. The maximum Gasteiger partial charge on any atom is 0.0226 e. The first-order valence-electron chi connectivity index (χ1n) is 7.40. The van der Waals surface area contributed by atoms with E-state index in [-0.39, 0.29) is 0 Å². The molecule has 0 bridgehead atoms. The van der Waals surface area contributed by atoms with Crippen LogP contribution in [0.1, 0.15) is 38.5 Å². The Bertz CT molecular complexity index is 220. The average molecular weight is 239 g/mol. The highest BCUT2D eigenvalue weighted by Gasteiger charge is 2.30. The van der Waals surface area contributed by atoms with Gasteiger partial charge in [0.1, 0.15) is 0 Å². The van der Waals surface area contributed by atoms with E-state index in [1.54, 1.807) is 0 Å². The molecule has 2 atom stereocenters. The number of likely N-dealkylation sites (N-methyl/N-ethyl adjacent to an activating group) is 1. The second-order valence-corrected chi connectivity index (χ2v) is 5.84. The molecule has 0 aromatic heterocycles. The van der Waals surface area contributed by atoms with Crippen molar-refractivity contribution in [3.63, 3.8) is 0 Å². The highest BCUT2D eigenvalue weighted by molar-refractivity contribution is 4.86. The van der Waals surface area contributed by atoms with E-state index in [0.29, 0.717) is 0 Å².